The summed E-state index contributed by atoms with van der Waals surface area (Å²) in [5.41, 5.74) is 6.06. The first-order valence-corrected chi connectivity index (χ1v) is 5.48. The number of anilines is 1. The number of imidazole rings is 1. The lowest BCUT2D eigenvalue weighted by Crippen LogP contribution is -2.13. The summed E-state index contributed by atoms with van der Waals surface area (Å²) in [6.45, 7) is 1.07. The molecule has 2 rings (SSSR count). The SMILES string of the molecule is NCCn1cnc(C(=O)Nc2cccc(F)c2)c1. The van der Waals surface area contributed by atoms with Crippen LogP contribution in [0.4, 0.5) is 10.1 Å². The number of carbonyl (C=O) groups is 1. The molecule has 0 bridgehead atoms. The van der Waals surface area contributed by atoms with Gasteiger partial charge in [-0.3, -0.25) is 4.79 Å². The average molecular weight is 248 g/mol. The van der Waals surface area contributed by atoms with Crippen molar-refractivity contribution in [1.82, 2.24) is 9.55 Å². The first kappa shape index (κ1) is 12.3. The highest BCUT2D eigenvalue weighted by atomic mass is 19.1. The zero-order valence-electron chi connectivity index (χ0n) is 9.64. The Labute approximate surface area is 103 Å². The van der Waals surface area contributed by atoms with Gasteiger partial charge in [-0.15, -0.1) is 0 Å². The smallest absolute Gasteiger partial charge is 0.275 e. The zero-order valence-corrected chi connectivity index (χ0v) is 9.64. The van der Waals surface area contributed by atoms with Gasteiger partial charge < -0.3 is 15.6 Å². The molecule has 0 saturated heterocycles. The van der Waals surface area contributed by atoms with Crippen LogP contribution in [0.5, 0.6) is 0 Å². The Bertz CT molecular complexity index is 553. The first-order chi connectivity index (χ1) is 8.69. The minimum absolute atomic E-state index is 0.271. The second kappa shape index (κ2) is 5.42. The van der Waals surface area contributed by atoms with Crippen molar-refractivity contribution in [1.29, 1.82) is 0 Å². The van der Waals surface area contributed by atoms with Crippen molar-refractivity contribution >= 4 is 11.6 Å². The second-order valence-electron chi connectivity index (χ2n) is 3.75. The highest BCUT2D eigenvalue weighted by Crippen LogP contribution is 2.10. The molecule has 1 amide bonds. The average Bonchev–Trinajstić information content (AvgIpc) is 2.78. The molecule has 0 unspecified atom stereocenters. The molecule has 18 heavy (non-hydrogen) atoms. The molecular weight excluding hydrogens is 235 g/mol. The summed E-state index contributed by atoms with van der Waals surface area (Å²) >= 11 is 0. The van der Waals surface area contributed by atoms with Crippen LogP contribution in [0.25, 0.3) is 0 Å². The maximum absolute atomic E-state index is 12.9. The number of hydrogen-bond donors (Lipinski definition) is 2. The Kier molecular flexibility index (Phi) is 3.69. The van der Waals surface area contributed by atoms with E-state index in [-0.39, 0.29) is 11.6 Å². The second-order valence-corrected chi connectivity index (χ2v) is 3.75. The largest absolute Gasteiger partial charge is 0.335 e. The van der Waals surface area contributed by atoms with E-state index < -0.39 is 5.82 Å². The fourth-order valence-electron chi connectivity index (χ4n) is 1.51. The fourth-order valence-corrected chi connectivity index (χ4v) is 1.51. The van der Waals surface area contributed by atoms with Crippen LogP contribution in [-0.4, -0.2) is 22.0 Å². The molecule has 0 fully saturated rings. The van der Waals surface area contributed by atoms with E-state index >= 15 is 0 Å². The van der Waals surface area contributed by atoms with Crippen LogP contribution in [0.2, 0.25) is 0 Å². The van der Waals surface area contributed by atoms with E-state index in [9.17, 15) is 9.18 Å². The highest BCUT2D eigenvalue weighted by molar-refractivity contribution is 6.02. The van der Waals surface area contributed by atoms with Gasteiger partial charge in [0.2, 0.25) is 0 Å². The van der Waals surface area contributed by atoms with Crippen molar-refractivity contribution in [3.05, 3.63) is 48.3 Å². The molecule has 0 aliphatic carbocycles. The molecule has 1 aromatic heterocycles. The standard InChI is InChI=1S/C12H13FN4O/c13-9-2-1-3-10(6-9)16-12(18)11-7-17(5-4-14)8-15-11/h1-3,6-8H,4-5,14H2,(H,16,18). The minimum atomic E-state index is -0.401. The van der Waals surface area contributed by atoms with E-state index in [4.69, 9.17) is 5.73 Å². The summed E-state index contributed by atoms with van der Waals surface area (Å²) in [4.78, 5) is 15.8. The molecule has 3 N–H and O–H groups in total. The Morgan fingerprint density at radius 3 is 3.06 bits per heavy atom. The van der Waals surface area contributed by atoms with Crippen molar-refractivity contribution in [2.24, 2.45) is 5.73 Å². The molecule has 0 aliphatic rings. The molecule has 2 aromatic rings. The van der Waals surface area contributed by atoms with E-state index in [1.165, 1.54) is 24.5 Å². The third-order valence-corrected chi connectivity index (χ3v) is 2.34. The summed E-state index contributed by atoms with van der Waals surface area (Å²) in [6, 6.07) is 5.69. The molecular formula is C12H13FN4O. The molecule has 0 atom stereocenters. The number of hydrogen-bond acceptors (Lipinski definition) is 3. The van der Waals surface area contributed by atoms with Gasteiger partial charge in [0, 0.05) is 25.0 Å². The van der Waals surface area contributed by atoms with Crippen molar-refractivity contribution in [2.45, 2.75) is 6.54 Å². The van der Waals surface area contributed by atoms with E-state index in [0.717, 1.165) is 0 Å². The zero-order chi connectivity index (χ0) is 13.0. The van der Waals surface area contributed by atoms with Gasteiger partial charge in [-0.2, -0.15) is 0 Å². The number of benzene rings is 1. The van der Waals surface area contributed by atoms with Crippen LogP contribution in [0.1, 0.15) is 10.5 Å². The summed E-state index contributed by atoms with van der Waals surface area (Å²) in [5, 5.41) is 2.57. The van der Waals surface area contributed by atoms with Crippen molar-refractivity contribution in [3.8, 4) is 0 Å². The maximum atomic E-state index is 12.9. The van der Waals surface area contributed by atoms with Crippen LogP contribution in [0.3, 0.4) is 0 Å². The number of aromatic nitrogens is 2. The fraction of sp³-hybridized carbons (Fsp3) is 0.167. The topological polar surface area (TPSA) is 72.9 Å². The van der Waals surface area contributed by atoms with E-state index in [1.54, 1.807) is 16.8 Å². The van der Waals surface area contributed by atoms with Crippen molar-refractivity contribution < 1.29 is 9.18 Å². The van der Waals surface area contributed by atoms with Gasteiger partial charge in [-0.1, -0.05) is 6.07 Å². The number of amides is 1. The predicted molar refractivity (Wildman–Crippen MR) is 65.6 cm³/mol. The third-order valence-electron chi connectivity index (χ3n) is 2.34. The Morgan fingerprint density at radius 2 is 2.33 bits per heavy atom. The van der Waals surface area contributed by atoms with E-state index in [0.29, 0.717) is 18.8 Å². The summed E-state index contributed by atoms with van der Waals surface area (Å²) in [7, 11) is 0. The minimum Gasteiger partial charge on any atom is -0.335 e. The van der Waals surface area contributed by atoms with Crippen LogP contribution >= 0.6 is 0 Å². The number of halogens is 1. The summed E-state index contributed by atoms with van der Waals surface area (Å²) in [5.74, 6) is -0.780. The van der Waals surface area contributed by atoms with Crippen LogP contribution in [-0.2, 0) is 6.54 Å². The quantitative estimate of drug-likeness (QED) is 0.854. The summed E-state index contributed by atoms with van der Waals surface area (Å²) in [6.07, 6.45) is 3.13. The van der Waals surface area contributed by atoms with Gasteiger partial charge in [-0.25, -0.2) is 9.37 Å². The molecule has 0 spiro atoms. The van der Waals surface area contributed by atoms with Gasteiger partial charge in [0.15, 0.2) is 0 Å². The highest BCUT2D eigenvalue weighted by Gasteiger charge is 2.09. The Hall–Kier alpha value is -2.21. The number of nitrogens with one attached hydrogen (secondary N) is 1. The third kappa shape index (κ3) is 2.92. The predicted octanol–water partition coefficient (Wildman–Crippen LogP) is 1.23. The van der Waals surface area contributed by atoms with Gasteiger partial charge in [-0.05, 0) is 18.2 Å². The van der Waals surface area contributed by atoms with Gasteiger partial charge in [0.1, 0.15) is 11.5 Å². The van der Waals surface area contributed by atoms with Crippen molar-refractivity contribution in [3.63, 3.8) is 0 Å². The molecule has 1 heterocycles. The van der Waals surface area contributed by atoms with Gasteiger partial charge in [0.05, 0.1) is 6.33 Å². The lowest BCUT2D eigenvalue weighted by atomic mass is 10.3. The van der Waals surface area contributed by atoms with E-state index in [1.807, 2.05) is 0 Å². The van der Waals surface area contributed by atoms with Crippen LogP contribution in [0.15, 0.2) is 36.8 Å². The first-order valence-electron chi connectivity index (χ1n) is 5.48. The van der Waals surface area contributed by atoms with Crippen LogP contribution in [0, 0.1) is 5.82 Å². The molecule has 94 valence electrons. The molecule has 0 aliphatic heterocycles. The lowest BCUT2D eigenvalue weighted by molar-refractivity contribution is 0.102. The van der Waals surface area contributed by atoms with E-state index in [2.05, 4.69) is 10.3 Å². The normalized spacial score (nSPS) is 10.3. The number of carbonyl (C=O) groups excluding carboxylic acids is 1. The molecule has 1 aromatic carbocycles. The van der Waals surface area contributed by atoms with Crippen LogP contribution < -0.4 is 11.1 Å². The van der Waals surface area contributed by atoms with Crippen molar-refractivity contribution in [2.75, 3.05) is 11.9 Å². The van der Waals surface area contributed by atoms with Gasteiger partial charge in [0.25, 0.3) is 5.91 Å². The molecule has 0 radical (unpaired) electrons. The monoisotopic (exact) mass is 248 g/mol. The lowest BCUT2D eigenvalue weighted by Gasteiger charge is -2.02. The number of nitrogens with zero attached hydrogens (tertiary/aromatic N) is 2. The van der Waals surface area contributed by atoms with Gasteiger partial charge >= 0.3 is 0 Å². The molecule has 0 saturated carbocycles. The summed E-state index contributed by atoms with van der Waals surface area (Å²) < 4.78 is 14.7. The Morgan fingerprint density at radius 1 is 1.50 bits per heavy atom. The number of rotatable bonds is 4. The molecule has 5 nitrogen and oxygen atoms in total. The molecule has 6 heteroatoms. The number of nitrogens with two attached hydrogens (primary N) is 1. The maximum Gasteiger partial charge on any atom is 0.275 e. The Balaban J connectivity index is 2.07.